The molecule has 0 aromatic heterocycles. The number of fused-ring (bicyclic) bond motifs is 1. The molecule has 4 amide bonds. The number of hydrogen-bond donors (Lipinski definition) is 2. The monoisotopic (exact) mass is 382 g/mol. The predicted octanol–water partition coefficient (Wildman–Crippen LogP) is -0.117. The fourth-order valence-corrected chi connectivity index (χ4v) is 4.95. The predicted molar refractivity (Wildman–Crippen MR) is 98.3 cm³/mol. The van der Waals surface area contributed by atoms with Gasteiger partial charge < -0.3 is 5.32 Å². The Kier molecular flexibility index (Phi) is 3.89. The molecule has 4 aliphatic rings. The van der Waals surface area contributed by atoms with E-state index in [2.05, 4.69) is 15.5 Å². The second kappa shape index (κ2) is 6.22. The molecule has 1 unspecified atom stereocenters. The van der Waals surface area contributed by atoms with Crippen molar-refractivity contribution in [1.82, 2.24) is 20.4 Å². The van der Waals surface area contributed by atoms with Crippen LogP contribution in [0.2, 0.25) is 0 Å². The molecule has 0 aliphatic carbocycles. The molecule has 1 spiro atoms. The van der Waals surface area contributed by atoms with Gasteiger partial charge in [-0.3, -0.25) is 34.3 Å². The lowest BCUT2D eigenvalue weighted by Crippen LogP contribution is -2.56. The fourth-order valence-electron chi connectivity index (χ4n) is 4.95. The second-order valence-corrected chi connectivity index (χ2v) is 8.40. The SMILES string of the molecule is O=C1CCC(N2C(=O)c3ccc(CN4CC5(CCNC5)C4)cc3C2=O)C(=O)N1. The number of rotatable bonds is 3. The summed E-state index contributed by atoms with van der Waals surface area (Å²) in [6.45, 7) is 4.99. The minimum absolute atomic E-state index is 0.126. The molecule has 3 saturated heterocycles. The zero-order valence-electron chi connectivity index (χ0n) is 15.5. The summed E-state index contributed by atoms with van der Waals surface area (Å²) < 4.78 is 0. The number of carbonyl (C=O) groups is 4. The van der Waals surface area contributed by atoms with Gasteiger partial charge in [-0.05, 0) is 37.1 Å². The molecule has 2 N–H and O–H groups in total. The Hall–Kier alpha value is -2.58. The van der Waals surface area contributed by atoms with Crippen molar-refractivity contribution in [2.45, 2.75) is 31.8 Å². The fraction of sp³-hybridized carbons (Fsp3) is 0.500. The maximum absolute atomic E-state index is 12.9. The maximum Gasteiger partial charge on any atom is 0.262 e. The molecular weight excluding hydrogens is 360 g/mol. The van der Waals surface area contributed by atoms with Crippen molar-refractivity contribution in [3.05, 3.63) is 34.9 Å². The van der Waals surface area contributed by atoms with Crippen LogP contribution in [0.4, 0.5) is 0 Å². The third kappa shape index (κ3) is 2.67. The molecule has 0 bridgehead atoms. The molecular formula is C20H22N4O4. The standard InChI is InChI=1S/C20H22N4O4/c25-16-4-3-15(17(26)22-16)24-18(27)13-2-1-12(7-14(13)19(24)28)8-23-10-20(11-23)5-6-21-9-20/h1-2,7,15,21H,3-6,8-11H2,(H,22,25,26). The summed E-state index contributed by atoms with van der Waals surface area (Å²) in [6.07, 6.45) is 1.51. The largest absolute Gasteiger partial charge is 0.316 e. The van der Waals surface area contributed by atoms with Crippen LogP contribution < -0.4 is 10.6 Å². The maximum atomic E-state index is 12.9. The van der Waals surface area contributed by atoms with Crippen LogP contribution in [0, 0.1) is 5.41 Å². The summed E-state index contributed by atoms with van der Waals surface area (Å²) in [4.78, 5) is 52.5. The second-order valence-electron chi connectivity index (χ2n) is 8.40. The average Bonchev–Trinajstić information content (AvgIpc) is 3.21. The van der Waals surface area contributed by atoms with E-state index in [9.17, 15) is 19.2 Å². The van der Waals surface area contributed by atoms with Crippen LogP contribution in [0.3, 0.4) is 0 Å². The van der Waals surface area contributed by atoms with Gasteiger partial charge in [-0.2, -0.15) is 0 Å². The smallest absolute Gasteiger partial charge is 0.262 e. The minimum atomic E-state index is -0.918. The first-order chi connectivity index (χ1) is 13.5. The average molecular weight is 382 g/mol. The van der Waals surface area contributed by atoms with Crippen LogP contribution in [0.15, 0.2) is 18.2 Å². The van der Waals surface area contributed by atoms with Gasteiger partial charge in [0.25, 0.3) is 11.8 Å². The molecule has 0 radical (unpaired) electrons. The highest BCUT2D eigenvalue weighted by molar-refractivity contribution is 6.23. The van der Waals surface area contributed by atoms with Crippen LogP contribution in [0.5, 0.6) is 0 Å². The molecule has 4 aliphatic heterocycles. The first-order valence-corrected chi connectivity index (χ1v) is 9.73. The summed E-state index contributed by atoms with van der Waals surface area (Å²) in [6, 6.07) is 4.43. The van der Waals surface area contributed by atoms with Crippen molar-refractivity contribution in [1.29, 1.82) is 0 Å². The molecule has 1 atom stereocenters. The van der Waals surface area contributed by atoms with E-state index in [1.54, 1.807) is 12.1 Å². The van der Waals surface area contributed by atoms with E-state index in [1.807, 2.05) is 6.07 Å². The van der Waals surface area contributed by atoms with Crippen molar-refractivity contribution in [3.63, 3.8) is 0 Å². The first kappa shape index (κ1) is 17.5. The number of nitrogens with one attached hydrogen (secondary N) is 2. The van der Waals surface area contributed by atoms with Crippen molar-refractivity contribution < 1.29 is 19.2 Å². The highest BCUT2D eigenvalue weighted by atomic mass is 16.2. The van der Waals surface area contributed by atoms with Gasteiger partial charge >= 0.3 is 0 Å². The Morgan fingerprint density at radius 1 is 1.07 bits per heavy atom. The number of imide groups is 2. The Balaban J connectivity index is 1.32. The van der Waals surface area contributed by atoms with Crippen LogP contribution >= 0.6 is 0 Å². The molecule has 8 nitrogen and oxygen atoms in total. The van der Waals surface area contributed by atoms with Crippen molar-refractivity contribution >= 4 is 23.6 Å². The molecule has 8 heteroatoms. The van der Waals surface area contributed by atoms with Crippen LogP contribution in [-0.4, -0.2) is 65.6 Å². The van der Waals surface area contributed by atoms with Gasteiger partial charge in [-0.25, -0.2) is 0 Å². The Bertz CT molecular complexity index is 897. The van der Waals surface area contributed by atoms with Crippen LogP contribution in [0.25, 0.3) is 0 Å². The molecule has 1 aromatic rings. The minimum Gasteiger partial charge on any atom is -0.316 e. The van der Waals surface area contributed by atoms with Gasteiger partial charge in [-0.15, -0.1) is 0 Å². The summed E-state index contributed by atoms with van der Waals surface area (Å²) in [5.74, 6) is -1.86. The van der Waals surface area contributed by atoms with E-state index in [1.165, 1.54) is 6.42 Å². The summed E-state index contributed by atoms with van der Waals surface area (Å²) in [7, 11) is 0. The lowest BCUT2D eigenvalue weighted by Gasteiger charge is -2.48. The van der Waals surface area contributed by atoms with Gasteiger partial charge in [0.2, 0.25) is 11.8 Å². The number of amides is 4. The van der Waals surface area contributed by atoms with Crippen molar-refractivity contribution in [3.8, 4) is 0 Å². The van der Waals surface area contributed by atoms with Gasteiger partial charge in [0.1, 0.15) is 6.04 Å². The topological polar surface area (TPSA) is 98.8 Å². The molecule has 3 fully saturated rings. The van der Waals surface area contributed by atoms with E-state index >= 15 is 0 Å². The highest BCUT2D eigenvalue weighted by Crippen LogP contribution is 2.37. The molecule has 1 aromatic carbocycles. The quantitative estimate of drug-likeness (QED) is 0.708. The van der Waals surface area contributed by atoms with Gasteiger partial charge in [-0.1, -0.05) is 6.07 Å². The molecule has 28 heavy (non-hydrogen) atoms. The van der Waals surface area contributed by atoms with E-state index in [0.29, 0.717) is 16.5 Å². The zero-order valence-corrected chi connectivity index (χ0v) is 15.5. The molecule has 4 heterocycles. The van der Waals surface area contributed by atoms with Crippen LogP contribution in [0.1, 0.15) is 45.5 Å². The zero-order chi connectivity index (χ0) is 19.5. The van der Waals surface area contributed by atoms with E-state index in [-0.39, 0.29) is 18.7 Å². The highest BCUT2D eigenvalue weighted by Gasteiger charge is 2.46. The first-order valence-electron chi connectivity index (χ1n) is 9.73. The molecule has 0 saturated carbocycles. The number of carbonyl (C=O) groups excluding carboxylic acids is 4. The molecule has 146 valence electrons. The number of hydrogen-bond acceptors (Lipinski definition) is 6. The number of nitrogens with zero attached hydrogens (tertiary/aromatic N) is 2. The number of likely N-dealkylation sites (tertiary alicyclic amines) is 1. The lowest BCUT2D eigenvalue weighted by molar-refractivity contribution is -0.136. The van der Waals surface area contributed by atoms with Gasteiger partial charge in [0, 0.05) is 38.0 Å². The van der Waals surface area contributed by atoms with Crippen molar-refractivity contribution in [2.75, 3.05) is 26.2 Å². The van der Waals surface area contributed by atoms with E-state index in [0.717, 1.165) is 43.2 Å². The van der Waals surface area contributed by atoms with Crippen LogP contribution in [-0.2, 0) is 16.1 Å². The normalized spacial score (nSPS) is 26.6. The lowest BCUT2D eigenvalue weighted by atomic mass is 9.79. The van der Waals surface area contributed by atoms with E-state index in [4.69, 9.17) is 0 Å². The molecule has 5 rings (SSSR count). The summed E-state index contributed by atoms with van der Waals surface area (Å²) >= 11 is 0. The van der Waals surface area contributed by atoms with E-state index < -0.39 is 23.8 Å². The third-order valence-corrected chi connectivity index (χ3v) is 6.36. The summed E-state index contributed by atoms with van der Waals surface area (Å²) in [5.41, 5.74) is 2.08. The number of benzene rings is 1. The Morgan fingerprint density at radius 3 is 2.57 bits per heavy atom. The van der Waals surface area contributed by atoms with Crippen molar-refractivity contribution in [2.24, 2.45) is 5.41 Å². The Labute approximate surface area is 162 Å². The van der Waals surface area contributed by atoms with Gasteiger partial charge in [0.15, 0.2) is 0 Å². The third-order valence-electron chi connectivity index (χ3n) is 6.36. The van der Waals surface area contributed by atoms with Gasteiger partial charge in [0.05, 0.1) is 11.1 Å². The summed E-state index contributed by atoms with van der Waals surface area (Å²) in [5, 5.41) is 5.63. The number of piperidine rings is 1. The Morgan fingerprint density at radius 2 is 1.86 bits per heavy atom.